The largest absolute Gasteiger partial charge is 0.488 e. The Bertz CT molecular complexity index is 289. The fourth-order valence-electron chi connectivity index (χ4n) is 0.997. The van der Waals surface area contributed by atoms with Gasteiger partial charge in [0.2, 0.25) is 0 Å². The van der Waals surface area contributed by atoms with Crippen molar-refractivity contribution in [1.29, 1.82) is 0 Å². The number of halogens is 3. The van der Waals surface area contributed by atoms with Crippen molar-refractivity contribution in [2.45, 2.75) is 12.6 Å². The van der Waals surface area contributed by atoms with Crippen LogP contribution >= 0.6 is 0 Å². The highest BCUT2D eigenvalue weighted by Crippen LogP contribution is 2.23. The molecule has 0 saturated carbocycles. The van der Waals surface area contributed by atoms with Gasteiger partial charge in [-0.3, -0.25) is 0 Å². The van der Waals surface area contributed by atoms with Crippen LogP contribution in [0.2, 0.25) is 0 Å². The molecule has 0 fully saturated rings. The van der Waals surface area contributed by atoms with Gasteiger partial charge >= 0.3 is 7.12 Å². The van der Waals surface area contributed by atoms with Crippen LogP contribution in [0.25, 0.3) is 0 Å². The van der Waals surface area contributed by atoms with Gasteiger partial charge in [0.25, 0.3) is 6.43 Å². The molecule has 76 valence electrons. The molecule has 0 saturated heterocycles. The average molecular weight is 204 g/mol. The number of hydrogen-bond donors (Lipinski definition) is 2. The third-order valence-corrected chi connectivity index (χ3v) is 1.77. The van der Waals surface area contributed by atoms with E-state index in [1.807, 2.05) is 0 Å². The maximum absolute atomic E-state index is 12.7. The quantitative estimate of drug-likeness (QED) is 0.709. The molecule has 2 nitrogen and oxygen atoms in total. The van der Waals surface area contributed by atoms with Gasteiger partial charge in [0.1, 0.15) is 0 Å². The van der Waals surface area contributed by atoms with Gasteiger partial charge in [0.05, 0.1) is 0 Å². The summed E-state index contributed by atoms with van der Waals surface area (Å²) in [7, 11) is -1.67. The summed E-state index contributed by atoms with van der Waals surface area (Å²) < 4.78 is 36.5. The summed E-state index contributed by atoms with van der Waals surface area (Å²) in [5, 5.41) is 17.4. The second-order valence-electron chi connectivity index (χ2n) is 2.78. The van der Waals surface area contributed by atoms with Gasteiger partial charge in [-0.1, -0.05) is 24.3 Å². The Labute approximate surface area is 79.1 Å². The van der Waals surface area contributed by atoms with E-state index < -0.39 is 19.7 Å². The first-order chi connectivity index (χ1) is 6.52. The van der Waals surface area contributed by atoms with E-state index in [1.54, 1.807) is 0 Å². The van der Waals surface area contributed by atoms with E-state index in [0.29, 0.717) is 0 Å². The fourth-order valence-corrected chi connectivity index (χ4v) is 0.997. The molecule has 0 aliphatic heterocycles. The highest BCUT2D eigenvalue weighted by molar-refractivity contribution is 6.58. The van der Waals surface area contributed by atoms with Gasteiger partial charge in [0.15, 0.2) is 6.17 Å². The lowest BCUT2D eigenvalue weighted by molar-refractivity contribution is 0.0496. The lowest BCUT2D eigenvalue weighted by atomic mass is 9.80. The van der Waals surface area contributed by atoms with Crippen LogP contribution in [0.3, 0.4) is 0 Å². The Morgan fingerprint density at radius 3 is 1.86 bits per heavy atom. The monoisotopic (exact) mass is 204 g/mol. The van der Waals surface area contributed by atoms with Crippen molar-refractivity contribution in [1.82, 2.24) is 0 Å². The first-order valence-corrected chi connectivity index (χ1v) is 3.90. The van der Waals surface area contributed by atoms with E-state index in [0.717, 1.165) is 12.1 Å². The van der Waals surface area contributed by atoms with Crippen molar-refractivity contribution < 1.29 is 23.2 Å². The topological polar surface area (TPSA) is 40.5 Å². The summed E-state index contributed by atoms with van der Waals surface area (Å²) in [5.41, 5.74) is -0.0420. The van der Waals surface area contributed by atoms with Crippen LogP contribution in [0.4, 0.5) is 13.2 Å². The molecule has 1 unspecified atom stereocenters. The Hall–Kier alpha value is -1.01. The maximum atomic E-state index is 12.7. The van der Waals surface area contributed by atoms with E-state index in [-0.39, 0.29) is 11.0 Å². The molecule has 1 aromatic rings. The highest BCUT2D eigenvalue weighted by Gasteiger charge is 2.21. The molecule has 0 heterocycles. The molecule has 0 aliphatic rings. The van der Waals surface area contributed by atoms with Gasteiger partial charge in [-0.2, -0.15) is 0 Å². The molecule has 0 amide bonds. The molecule has 0 spiro atoms. The predicted octanol–water partition coefficient (Wildman–Crippen LogP) is 0.642. The zero-order valence-electron chi connectivity index (χ0n) is 7.07. The minimum Gasteiger partial charge on any atom is -0.423 e. The third kappa shape index (κ3) is 2.49. The molecular formula is C8H8BF3O2. The van der Waals surface area contributed by atoms with E-state index in [4.69, 9.17) is 10.0 Å². The minimum absolute atomic E-state index is 0.134. The number of rotatable bonds is 3. The van der Waals surface area contributed by atoms with Crippen molar-refractivity contribution >= 4 is 12.6 Å². The van der Waals surface area contributed by atoms with Crippen LogP contribution in [0, 0.1) is 0 Å². The van der Waals surface area contributed by atoms with Crippen molar-refractivity contribution in [2.24, 2.45) is 0 Å². The van der Waals surface area contributed by atoms with Gasteiger partial charge in [0, 0.05) is 0 Å². The summed E-state index contributed by atoms with van der Waals surface area (Å²) >= 11 is 0. The molecule has 2 N–H and O–H groups in total. The van der Waals surface area contributed by atoms with Crippen LogP contribution in [-0.2, 0) is 0 Å². The van der Waals surface area contributed by atoms with Crippen molar-refractivity contribution in [3.05, 3.63) is 29.8 Å². The van der Waals surface area contributed by atoms with Crippen LogP contribution in [0.15, 0.2) is 24.3 Å². The second kappa shape index (κ2) is 4.48. The second-order valence-corrected chi connectivity index (χ2v) is 2.78. The van der Waals surface area contributed by atoms with Crippen LogP contribution in [-0.4, -0.2) is 23.6 Å². The Balaban J connectivity index is 2.83. The first kappa shape index (κ1) is 11.1. The van der Waals surface area contributed by atoms with E-state index in [2.05, 4.69) is 0 Å². The molecular weight excluding hydrogens is 196 g/mol. The fraction of sp³-hybridized carbons (Fsp3) is 0.250. The predicted molar refractivity (Wildman–Crippen MR) is 46.1 cm³/mol. The summed E-state index contributed by atoms with van der Waals surface area (Å²) in [6.07, 6.45) is -5.40. The Kier molecular flexibility index (Phi) is 3.54. The van der Waals surface area contributed by atoms with Gasteiger partial charge < -0.3 is 10.0 Å². The molecule has 0 radical (unpaired) electrons. The van der Waals surface area contributed by atoms with Gasteiger partial charge in [-0.05, 0) is 11.0 Å². The maximum Gasteiger partial charge on any atom is 0.488 e. The van der Waals surface area contributed by atoms with Crippen molar-refractivity contribution in [3.8, 4) is 0 Å². The minimum atomic E-state index is -3.07. The molecule has 14 heavy (non-hydrogen) atoms. The summed E-state index contributed by atoms with van der Waals surface area (Å²) in [6.45, 7) is 0. The molecule has 1 aromatic carbocycles. The van der Waals surface area contributed by atoms with E-state index in [1.165, 1.54) is 12.1 Å². The Morgan fingerprint density at radius 2 is 1.50 bits per heavy atom. The van der Waals surface area contributed by atoms with Gasteiger partial charge in [-0.25, -0.2) is 13.2 Å². The first-order valence-electron chi connectivity index (χ1n) is 3.90. The van der Waals surface area contributed by atoms with Crippen molar-refractivity contribution in [2.75, 3.05) is 0 Å². The Morgan fingerprint density at radius 1 is 1.00 bits per heavy atom. The lowest BCUT2D eigenvalue weighted by Gasteiger charge is -2.07. The zero-order valence-corrected chi connectivity index (χ0v) is 7.07. The van der Waals surface area contributed by atoms with Crippen LogP contribution in [0.1, 0.15) is 11.7 Å². The summed E-state index contributed by atoms with van der Waals surface area (Å²) in [5.74, 6) is 0. The summed E-state index contributed by atoms with van der Waals surface area (Å²) in [4.78, 5) is 0. The lowest BCUT2D eigenvalue weighted by Crippen LogP contribution is -2.29. The molecule has 0 aromatic heterocycles. The standard InChI is InChI=1S/C8H8BF3O2/c10-7(8(11)12)5-1-3-6(4-2-5)9(13)14/h1-4,7-8,13-14H. The molecule has 6 heteroatoms. The number of hydrogen-bond acceptors (Lipinski definition) is 2. The third-order valence-electron chi connectivity index (χ3n) is 1.77. The van der Waals surface area contributed by atoms with Crippen LogP contribution < -0.4 is 5.46 Å². The normalized spacial score (nSPS) is 13.0. The average Bonchev–Trinajstić information content (AvgIpc) is 2.16. The van der Waals surface area contributed by atoms with Crippen LogP contribution in [0.5, 0.6) is 0 Å². The smallest absolute Gasteiger partial charge is 0.423 e. The molecule has 1 atom stereocenters. The molecule has 0 bridgehead atoms. The number of alkyl halides is 3. The summed E-state index contributed by atoms with van der Waals surface area (Å²) in [6, 6.07) is 4.58. The van der Waals surface area contributed by atoms with E-state index >= 15 is 0 Å². The SMILES string of the molecule is OB(O)c1ccc(C(F)C(F)F)cc1. The van der Waals surface area contributed by atoms with Gasteiger partial charge in [-0.15, -0.1) is 0 Å². The zero-order chi connectivity index (χ0) is 10.7. The molecule has 0 aliphatic carbocycles. The highest BCUT2D eigenvalue weighted by atomic mass is 19.3. The van der Waals surface area contributed by atoms with Crippen molar-refractivity contribution in [3.63, 3.8) is 0 Å². The molecule has 1 rings (SSSR count). The van der Waals surface area contributed by atoms with E-state index in [9.17, 15) is 13.2 Å². The number of benzene rings is 1.